The molecule has 9 heteroatoms. The van der Waals surface area contributed by atoms with Crippen LogP contribution in [0.15, 0.2) is 0 Å². The molecule has 0 aromatic rings. The summed E-state index contributed by atoms with van der Waals surface area (Å²) in [4.78, 5) is 0. The van der Waals surface area contributed by atoms with Gasteiger partial charge in [0.1, 0.15) is 0 Å². The van der Waals surface area contributed by atoms with E-state index < -0.39 is 0 Å². The molecule has 2 N–H and O–H groups in total. The Kier molecular flexibility index (Phi) is 2180. The third-order valence-corrected chi connectivity index (χ3v) is 0. The van der Waals surface area contributed by atoms with Gasteiger partial charge in [-0.2, -0.15) is 0 Å². The van der Waals surface area contributed by atoms with Crippen molar-refractivity contribution >= 4 is 0 Å². The van der Waals surface area contributed by atoms with E-state index in [0.717, 1.165) is 0 Å². The SMILES string of the molecule is O.[Cl-].[Cl-].[Cl-].[Cl-].[Cl-].[Cr+2].[Cr+2].[Cr]. The summed E-state index contributed by atoms with van der Waals surface area (Å²) in [6.07, 6.45) is 0. The maximum Gasteiger partial charge on any atom is 2.00 e. The maximum absolute atomic E-state index is 0. The summed E-state index contributed by atoms with van der Waals surface area (Å²) < 4.78 is 0. The minimum atomic E-state index is 0. The first-order valence-corrected chi connectivity index (χ1v) is 0. The van der Waals surface area contributed by atoms with Crippen molar-refractivity contribution in [3.05, 3.63) is 0 Å². The zero-order valence-electron chi connectivity index (χ0n) is 3.61. The Morgan fingerprint density at radius 3 is 0.444 bits per heavy atom. The zero-order valence-corrected chi connectivity index (χ0v) is 11.2. The molecule has 0 fully saturated rings. The van der Waals surface area contributed by atoms with Gasteiger partial charge in [-0.25, -0.2) is 0 Å². The normalized spacial score (nSPS) is 0. The molecule has 0 aromatic heterocycles. The van der Waals surface area contributed by atoms with E-state index in [0.29, 0.717) is 0 Å². The first-order chi connectivity index (χ1) is 0. The zero-order chi connectivity index (χ0) is 0. The molecule has 0 aliphatic carbocycles. The third kappa shape index (κ3) is 98.7. The predicted octanol–water partition coefficient (Wildman–Crippen LogP) is -15.8. The molecule has 0 saturated carbocycles. The van der Waals surface area contributed by atoms with Gasteiger partial charge in [-0.1, -0.05) is 0 Å². The van der Waals surface area contributed by atoms with E-state index in [4.69, 9.17) is 0 Å². The Labute approximate surface area is 118 Å². The van der Waals surface area contributed by atoms with E-state index in [9.17, 15) is 0 Å². The van der Waals surface area contributed by atoms with Crippen molar-refractivity contribution in [2.75, 3.05) is 0 Å². The van der Waals surface area contributed by atoms with Gasteiger partial charge in [0.2, 0.25) is 0 Å². The minimum absolute atomic E-state index is 0. The number of hydrogen-bond donors (Lipinski definition) is 0. The molecule has 0 saturated heterocycles. The van der Waals surface area contributed by atoms with Crippen LogP contribution in [-0.2, 0) is 52.1 Å². The van der Waals surface area contributed by atoms with Crippen molar-refractivity contribution in [2.45, 2.75) is 0 Å². The molecule has 0 bridgehead atoms. The van der Waals surface area contributed by atoms with Crippen molar-refractivity contribution < 1.29 is 120 Å². The van der Waals surface area contributed by atoms with E-state index in [1.807, 2.05) is 0 Å². The van der Waals surface area contributed by atoms with E-state index in [2.05, 4.69) is 0 Å². The molecule has 9 heavy (non-hydrogen) atoms. The van der Waals surface area contributed by atoms with Crippen LogP contribution < -0.4 is 62.0 Å². The summed E-state index contributed by atoms with van der Waals surface area (Å²) in [5, 5.41) is 0. The van der Waals surface area contributed by atoms with Gasteiger partial charge in [0.05, 0.1) is 0 Å². The molecular formula is H2Cl5Cr3O-. The second-order valence-corrected chi connectivity index (χ2v) is 0. The summed E-state index contributed by atoms with van der Waals surface area (Å²) >= 11 is 0. The Morgan fingerprint density at radius 1 is 0.444 bits per heavy atom. The second kappa shape index (κ2) is 122. The van der Waals surface area contributed by atoms with Gasteiger partial charge in [-0.3, -0.25) is 0 Å². The Hall–Kier alpha value is 3.01. The molecular weight excluding hydrogens is 349 g/mol. The quantitative estimate of drug-likeness (QED) is 0.415. The molecule has 0 aliphatic heterocycles. The van der Waals surface area contributed by atoms with Crippen molar-refractivity contribution in [1.82, 2.24) is 0 Å². The average Bonchev–Trinajstić information content (AvgIpc) is 0. The monoisotopic (exact) mass is 349 g/mol. The van der Waals surface area contributed by atoms with Crippen LogP contribution in [-0.4, -0.2) is 5.48 Å². The van der Waals surface area contributed by atoms with Crippen LogP contribution in [0.5, 0.6) is 0 Å². The van der Waals surface area contributed by atoms with Gasteiger partial charge in [0.25, 0.3) is 0 Å². The third-order valence-electron chi connectivity index (χ3n) is 0. The Bertz CT molecular complexity index is 12.2. The van der Waals surface area contributed by atoms with E-state index >= 15 is 0 Å². The van der Waals surface area contributed by atoms with Gasteiger partial charge < -0.3 is 67.5 Å². The van der Waals surface area contributed by atoms with Gasteiger partial charge in [0, 0.05) is 17.4 Å². The molecule has 62 valence electrons. The fraction of sp³-hybridized carbons (Fsp3) is 0. The predicted molar refractivity (Wildman–Crippen MR) is 3.61 cm³/mol. The second-order valence-electron chi connectivity index (χ2n) is 0. The Morgan fingerprint density at radius 2 is 0.444 bits per heavy atom. The topological polar surface area (TPSA) is 31.5 Å². The molecule has 0 unspecified atom stereocenters. The van der Waals surface area contributed by atoms with Gasteiger partial charge in [-0.05, 0) is 0 Å². The summed E-state index contributed by atoms with van der Waals surface area (Å²) in [5.74, 6) is 0. The molecule has 0 aromatic carbocycles. The van der Waals surface area contributed by atoms with E-state index in [1.165, 1.54) is 0 Å². The van der Waals surface area contributed by atoms with E-state index in [-0.39, 0.29) is 120 Å². The molecule has 0 spiro atoms. The number of halogens is 5. The molecule has 0 atom stereocenters. The van der Waals surface area contributed by atoms with Crippen molar-refractivity contribution in [3.63, 3.8) is 0 Å². The molecule has 1 nitrogen and oxygen atoms in total. The van der Waals surface area contributed by atoms with Crippen LogP contribution in [0.4, 0.5) is 0 Å². The molecule has 0 rings (SSSR count). The summed E-state index contributed by atoms with van der Waals surface area (Å²) in [5.41, 5.74) is 0. The van der Waals surface area contributed by atoms with E-state index in [1.54, 1.807) is 0 Å². The standard InChI is InChI=1S/5ClH.3Cr.H2O/h5*1H;;;;1H2/q;;;;;;2*+2;/p-5. The number of rotatable bonds is 0. The maximum atomic E-state index is 0. The van der Waals surface area contributed by atoms with Crippen LogP contribution in [0.3, 0.4) is 0 Å². The summed E-state index contributed by atoms with van der Waals surface area (Å²) in [6.45, 7) is 0. The van der Waals surface area contributed by atoms with Gasteiger partial charge in [0.15, 0.2) is 0 Å². The first kappa shape index (κ1) is 161. The number of hydrogen-bond acceptors (Lipinski definition) is 0. The van der Waals surface area contributed by atoms with Crippen molar-refractivity contribution in [1.29, 1.82) is 0 Å². The average molecular weight is 351 g/mol. The van der Waals surface area contributed by atoms with Crippen LogP contribution >= 0.6 is 0 Å². The Balaban J connectivity index is 0. The smallest absolute Gasteiger partial charge is 1.00 e. The minimum Gasteiger partial charge on any atom is -1.00 e. The summed E-state index contributed by atoms with van der Waals surface area (Å²) in [7, 11) is 0. The van der Waals surface area contributed by atoms with Gasteiger partial charge in [-0.15, -0.1) is 0 Å². The van der Waals surface area contributed by atoms with Crippen LogP contribution in [0.1, 0.15) is 0 Å². The van der Waals surface area contributed by atoms with Crippen molar-refractivity contribution in [2.24, 2.45) is 0 Å². The molecule has 0 heterocycles. The fourth-order valence-corrected chi connectivity index (χ4v) is 0. The van der Waals surface area contributed by atoms with Crippen molar-refractivity contribution in [3.8, 4) is 0 Å². The van der Waals surface area contributed by atoms with Crippen LogP contribution in [0.25, 0.3) is 0 Å². The molecule has 0 amide bonds. The first-order valence-electron chi connectivity index (χ1n) is 0. The van der Waals surface area contributed by atoms with Crippen LogP contribution in [0, 0.1) is 0 Å². The van der Waals surface area contributed by atoms with Gasteiger partial charge >= 0.3 is 34.7 Å². The molecule has 0 radical (unpaired) electrons. The largest absolute Gasteiger partial charge is 2.00 e. The molecule has 0 aliphatic rings. The van der Waals surface area contributed by atoms with Crippen LogP contribution in [0.2, 0.25) is 0 Å². The fourth-order valence-electron chi connectivity index (χ4n) is 0. The summed E-state index contributed by atoms with van der Waals surface area (Å²) in [6, 6.07) is 0.